The van der Waals surface area contributed by atoms with Crippen molar-refractivity contribution in [3.05, 3.63) is 58.9 Å². The molecule has 146 valence electrons. The summed E-state index contributed by atoms with van der Waals surface area (Å²) < 4.78 is 30.8. The van der Waals surface area contributed by atoms with E-state index in [-0.39, 0.29) is 23.2 Å². The second-order valence-electron chi connectivity index (χ2n) is 6.81. The molecular weight excluding hydrogens is 402 g/mol. The molecule has 2 aromatic heterocycles. The lowest BCUT2D eigenvalue weighted by Gasteiger charge is -2.11. The second kappa shape index (κ2) is 7.10. The number of aryl methyl sites for hydroxylation is 1. The first kappa shape index (κ1) is 18.8. The number of hydrogen-bond acceptors (Lipinski definition) is 5. The van der Waals surface area contributed by atoms with Gasteiger partial charge in [0, 0.05) is 16.8 Å². The monoisotopic (exact) mass is 419 g/mol. The summed E-state index contributed by atoms with van der Waals surface area (Å²) >= 11 is 6.11. The van der Waals surface area contributed by atoms with Gasteiger partial charge in [-0.05, 0) is 43.2 Å². The number of carbonyl (C=O) groups is 1. The number of nitrogens with zero attached hydrogens (tertiary/aromatic N) is 2. The molecule has 1 N–H and O–H groups in total. The van der Waals surface area contributed by atoms with Gasteiger partial charge in [0.1, 0.15) is 5.69 Å². The summed E-state index contributed by atoms with van der Waals surface area (Å²) in [5.41, 5.74) is 2.20. The van der Waals surface area contributed by atoms with Crippen LogP contribution < -0.4 is 5.32 Å². The fourth-order valence-corrected chi connectivity index (χ4v) is 5.10. The van der Waals surface area contributed by atoms with Gasteiger partial charge in [-0.25, -0.2) is 8.42 Å². The van der Waals surface area contributed by atoms with Gasteiger partial charge >= 0.3 is 0 Å². The lowest BCUT2D eigenvalue weighted by atomic mass is 10.2. The van der Waals surface area contributed by atoms with Crippen LogP contribution in [-0.2, 0) is 9.84 Å². The van der Waals surface area contributed by atoms with Gasteiger partial charge in [-0.3, -0.25) is 9.48 Å². The van der Waals surface area contributed by atoms with Crippen LogP contribution in [0, 0.1) is 6.92 Å². The van der Waals surface area contributed by atoms with Crippen molar-refractivity contribution < 1.29 is 17.6 Å². The van der Waals surface area contributed by atoms with Crippen molar-refractivity contribution in [2.75, 3.05) is 16.8 Å². The molecule has 0 bridgehead atoms. The molecule has 0 saturated carbocycles. The normalized spacial score (nSPS) is 18.3. The van der Waals surface area contributed by atoms with Crippen LogP contribution in [0.3, 0.4) is 0 Å². The Hall–Kier alpha value is -2.58. The van der Waals surface area contributed by atoms with Crippen LogP contribution in [0.1, 0.15) is 28.5 Å². The smallest absolute Gasteiger partial charge is 0.276 e. The van der Waals surface area contributed by atoms with E-state index in [4.69, 9.17) is 16.0 Å². The minimum atomic E-state index is -3.10. The topological polar surface area (TPSA) is 94.2 Å². The van der Waals surface area contributed by atoms with Crippen LogP contribution in [0.2, 0.25) is 5.02 Å². The number of nitrogens with one attached hydrogen (secondary N) is 1. The SMILES string of the molecule is Cc1ccc(NC(=O)c2cc(-c3ccco3)n(C3CCS(=O)(=O)C3)n2)cc1Cl. The number of amides is 1. The third-order valence-electron chi connectivity index (χ3n) is 4.73. The van der Waals surface area contributed by atoms with Crippen molar-refractivity contribution in [3.63, 3.8) is 0 Å². The highest BCUT2D eigenvalue weighted by Crippen LogP contribution is 2.30. The van der Waals surface area contributed by atoms with Crippen molar-refractivity contribution in [2.45, 2.75) is 19.4 Å². The molecule has 3 aromatic rings. The predicted octanol–water partition coefficient (Wildman–Crippen LogP) is 3.72. The second-order valence-corrected chi connectivity index (χ2v) is 9.45. The third-order valence-corrected chi connectivity index (χ3v) is 6.88. The Morgan fingerprint density at radius 1 is 1.32 bits per heavy atom. The maximum Gasteiger partial charge on any atom is 0.276 e. The number of anilines is 1. The number of carbonyl (C=O) groups excluding carboxylic acids is 1. The molecule has 1 fully saturated rings. The van der Waals surface area contributed by atoms with Crippen LogP contribution in [0.15, 0.2) is 47.1 Å². The van der Waals surface area contributed by atoms with Crippen LogP contribution in [0.25, 0.3) is 11.5 Å². The number of halogens is 1. The number of sulfone groups is 1. The summed E-state index contributed by atoms with van der Waals surface area (Å²) in [6.45, 7) is 1.88. The van der Waals surface area contributed by atoms with E-state index in [1.165, 1.54) is 6.26 Å². The van der Waals surface area contributed by atoms with Crippen LogP contribution in [-0.4, -0.2) is 35.6 Å². The predicted molar refractivity (Wildman–Crippen MR) is 106 cm³/mol. The number of aromatic nitrogens is 2. The molecule has 1 unspecified atom stereocenters. The lowest BCUT2D eigenvalue weighted by molar-refractivity contribution is 0.102. The summed E-state index contributed by atoms with van der Waals surface area (Å²) in [5.74, 6) is 0.219. The zero-order chi connectivity index (χ0) is 19.9. The third kappa shape index (κ3) is 3.70. The fraction of sp³-hybridized carbons (Fsp3) is 0.263. The van der Waals surface area contributed by atoms with E-state index in [2.05, 4.69) is 10.4 Å². The molecule has 1 aromatic carbocycles. The van der Waals surface area contributed by atoms with Crippen molar-refractivity contribution in [2.24, 2.45) is 0 Å². The van der Waals surface area contributed by atoms with Crippen molar-refractivity contribution >= 4 is 33.0 Å². The Labute approximate surface area is 167 Å². The van der Waals surface area contributed by atoms with Crippen molar-refractivity contribution in [1.29, 1.82) is 0 Å². The lowest BCUT2D eigenvalue weighted by Crippen LogP contribution is -2.16. The Bertz CT molecular complexity index is 1140. The van der Waals surface area contributed by atoms with E-state index in [0.717, 1.165) is 5.56 Å². The molecule has 0 aliphatic carbocycles. The quantitative estimate of drug-likeness (QED) is 0.695. The van der Waals surface area contributed by atoms with Gasteiger partial charge in [-0.2, -0.15) is 5.10 Å². The van der Waals surface area contributed by atoms with E-state index in [0.29, 0.717) is 28.6 Å². The van der Waals surface area contributed by atoms with Crippen LogP contribution in [0.4, 0.5) is 5.69 Å². The van der Waals surface area contributed by atoms with Gasteiger partial charge in [-0.1, -0.05) is 17.7 Å². The maximum absolute atomic E-state index is 12.7. The molecule has 0 spiro atoms. The summed E-state index contributed by atoms with van der Waals surface area (Å²) in [6.07, 6.45) is 1.97. The molecule has 1 saturated heterocycles. The van der Waals surface area contributed by atoms with Crippen molar-refractivity contribution in [1.82, 2.24) is 9.78 Å². The van der Waals surface area contributed by atoms with Gasteiger partial charge in [0.05, 0.1) is 23.8 Å². The first-order valence-corrected chi connectivity index (χ1v) is 10.9. The summed E-state index contributed by atoms with van der Waals surface area (Å²) in [4.78, 5) is 12.7. The highest BCUT2D eigenvalue weighted by Gasteiger charge is 2.32. The Balaban J connectivity index is 1.67. The van der Waals surface area contributed by atoms with Crippen LogP contribution in [0.5, 0.6) is 0 Å². The number of benzene rings is 1. The molecule has 1 atom stereocenters. The fourth-order valence-electron chi connectivity index (χ4n) is 3.23. The van der Waals surface area contributed by atoms with Gasteiger partial charge in [-0.15, -0.1) is 0 Å². The maximum atomic E-state index is 12.7. The molecular formula is C19H18ClN3O4S. The first-order valence-electron chi connectivity index (χ1n) is 8.74. The largest absolute Gasteiger partial charge is 0.463 e. The van der Waals surface area contributed by atoms with E-state index < -0.39 is 15.7 Å². The first-order chi connectivity index (χ1) is 13.3. The molecule has 1 aliphatic heterocycles. The van der Waals surface area contributed by atoms with E-state index in [9.17, 15) is 13.2 Å². The van der Waals surface area contributed by atoms with E-state index in [1.807, 2.05) is 13.0 Å². The van der Waals surface area contributed by atoms with E-state index >= 15 is 0 Å². The zero-order valence-electron chi connectivity index (χ0n) is 15.1. The zero-order valence-corrected chi connectivity index (χ0v) is 16.6. The Morgan fingerprint density at radius 3 is 2.79 bits per heavy atom. The molecule has 28 heavy (non-hydrogen) atoms. The molecule has 3 heterocycles. The average Bonchev–Trinajstić information content (AvgIpc) is 3.36. The van der Waals surface area contributed by atoms with Gasteiger partial charge < -0.3 is 9.73 Å². The summed E-state index contributed by atoms with van der Waals surface area (Å²) in [5, 5.41) is 7.72. The molecule has 4 rings (SSSR count). The highest BCUT2D eigenvalue weighted by atomic mass is 35.5. The van der Waals surface area contributed by atoms with Gasteiger partial charge in [0.2, 0.25) is 0 Å². The standard InChI is InChI=1S/C19H18ClN3O4S/c1-12-4-5-13(9-15(12)20)21-19(24)16-10-17(18-3-2-7-27-18)23(22-16)14-6-8-28(25,26)11-14/h2-5,7,9-10,14H,6,8,11H2,1H3,(H,21,24). The van der Waals surface area contributed by atoms with Crippen LogP contribution >= 0.6 is 11.6 Å². The number of hydrogen-bond donors (Lipinski definition) is 1. The minimum absolute atomic E-state index is 0.00296. The Morgan fingerprint density at radius 2 is 2.14 bits per heavy atom. The molecule has 0 radical (unpaired) electrons. The summed E-state index contributed by atoms with van der Waals surface area (Å²) in [7, 11) is -3.10. The molecule has 7 nitrogen and oxygen atoms in total. The van der Waals surface area contributed by atoms with E-state index in [1.54, 1.807) is 35.0 Å². The number of rotatable bonds is 4. The highest BCUT2D eigenvalue weighted by molar-refractivity contribution is 7.91. The Kier molecular flexibility index (Phi) is 4.76. The molecule has 1 aliphatic rings. The molecule has 9 heteroatoms. The summed E-state index contributed by atoms with van der Waals surface area (Å²) in [6, 6.07) is 9.99. The van der Waals surface area contributed by atoms with Gasteiger partial charge in [0.15, 0.2) is 21.3 Å². The molecule has 1 amide bonds. The average molecular weight is 420 g/mol. The van der Waals surface area contributed by atoms with Gasteiger partial charge in [0.25, 0.3) is 5.91 Å². The number of furan rings is 1. The minimum Gasteiger partial charge on any atom is -0.463 e. The van der Waals surface area contributed by atoms with Crippen molar-refractivity contribution in [3.8, 4) is 11.5 Å².